The summed E-state index contributed by atoms with van der Waals surface area (Å²) >= 11 is 0. The average molecular weight is 415 g/mol. The molecule has 1 saturated heterocycles. The fourth-order valence-corrected chi connectivity index (χ4v) is 3.78. The Labute approximate surface area is 182 Å². The average Bonchev–Trinajstić information content (AvgIpc) is 2.82. The Morgan fingerprint density at radius 3 is 2.48 bits per heavy atom. The van der Waals surface area contributed by atoms with E-state index in [2.05, 4.69) is 56.9 Å². The van der Waals surface area contributed by atoms with Crippen molar-refractivity contribution in [1.29, 1.82) is 0 Å². The van der Waals surface area contributed by atoms with E-state index in [4.69, 9.17) is 0 Å². The van der Waals surface area contributed by atoms with Crippen LogP contribution in [0.3, 0.4) is 0 Å². The zero-order valence-corrected chi connectivity index (χ0v) is 17.3. The van der Waals surface area contributed by atoms with Gasteiger partial charge in [-0.15, -0.1) is 0 Å². The van der Waals surface area contributed by atoms with E-state index in [1.807, 2.05) is 36.4 Å². The van der Waals surface area contributed by atoms with Gasteiger partial charge in [0.15, 0.2) is 0 Å². The molecule has 6 nitrogen and oxygen atoms in total. The quantitative estimate of drug-likeness (QED) is 0.624. The monoisotopic (exact) mass is 414 g/mol. The van der Waals surface area contributed by atoms with E-state index in [0.29, 0.717) is 26.2 Å². The van der Waals surface area contributed by atoms with Gasteiger partial charge < -0.3 is 10.6 Å². The minimum absolute atomic E-state index is 0.0971. The maximum atomic E-state index is 12.5. The molecule has 1 fully saturated rings. The maximum Gasteiger partial charge on any atom is 0.237 e. The van der Waals surface area contributed by atoms with E-state index in [-0.39, 0.29) is 18.2 Å². The number of hydrogen-bond donors (Lipinski definition) is 2. The first kappa shape index (κ1) is 20.8. The Bertz CT molecular complexity index is 1010. The van der Waals surface area contributed by atoms with Gasteiger partial charge in [0.25, 0.3) is 0 Å². The topological polar surface area (TPSA) is 74.3 Å². The Kier molecular flexibility index (Phi) is 6.69. The van der Waals surface area contributed by atoms with Crippen LogP contribution in [0.1, 0.15) is 17.7 Å². The molecule has 3 aromatic rings. The van der Waals surface area contributed by atoms with Crippen molar-refractivity contribution in [3.8, 4) is 11.1 Å². The van der Waals surface area contributed by atoms with Crippen molar-refractivity contribution in [1.82, 2.24) is 20.5 Å². The Morgan fingerprint density at radius 2 is 1.74 bits per heavy atom. The van der Waals surface area contributed by atoms with Crippen LogP contribution in [0.2, 0.25) is 0 Å². The summed E-state index contributed by atoms with van der Waals surface area (Å²) in [6.07, 6.45) is 1.82. The number of carbonyl (C=O) groups excluding carboxylic acids is 2. The highest BCUT2D eigenvalue weighted by atomic mass is 16.2. The van der Waals surface area contributed by atoms with E-state index in [1.54, 1.807) is 6.20 Å². The molecule has 4 rings (SSSR count). The molecular weight excluding hydrogens is 388 g/mol. The summed E-state index contributed by atoms with van der Waals surface area (Å²) in [5, 5.41) is 5.75. The first-order valence-corrected chi connectivity index (χ1v) is 10.5. The molecule has 0 aliphatic carbocycles. The lowest BCUT2D eigenvalue weighted by molar-refractivity contribution is -0.134. The fraction of sp³-hybridized carbons (Fsp3) is 0.240. The summed E-state index contributed by atoms with van der Waals surface area (Å²) in [4.78, 5) is 31.3. The molecule has 2 heterocycles. The number of aromatic nitrogens is 1. The summed E-state index contributed by atoms with van der Waals surface area (Å²) in [7, 11) is 0. The molecule has 1 aliphatic rings. The van der Waals surface area contributed by atoms with E-state index in [9.17, 15) is 9.59 Å². The lowest BCUT2D eigenvalue weighted by atomic mass is 10.0. The molecule has 2 amide bonds. The molecule has 0 unspecified atom stereocenters. The highest BCUT2D eigenvalue weighted by molar-refractivity contribution is 5.88. The second-order valence-electron chi connectivity index (χ2n) is 7.64. The number of benzene rings is 2. The van der Waals surface area contributed by atoms with Gasteiger partial charge in [-0.1, -0.05) is 60.7 Å². The fourth-order valence-electron chi connectivity index (χ4n) is 3.78. The second kappa shape index (κ2) is 10.00. The number of piperazine rings is 1. The number of rotatable bonds is 7. The van der Waals surface area contributed by atoms with Gasteiger partial charge in [0, 0.05) is 25.8 Å². The van der Waals surface area contributed by atoms with Crippen LogP contribution in [0.5, 0.6) is 0 Å². The lowest BCUT2D eigenvalue weighted by Gasteiger charge is -2.34. The molecule has 6 heteroatoms. The van der Waals surface area contributed by atoms with E-state index < -0.39 is 6.04 Å². The van der Waals surface area contributed by atoms with Crippen molar-refractivity contribution < 1.29 is 9.59 Å². The molecule has 0 saturated carbocycles. The molecule has 0 bridgehead atoms. The molecule has 0 spiro atoms. The summed E-state index contributed by atoms with van der Waals surface area (Å²) < 4.78 is 0. The first-order valence-electron chi connectivity index (χ1n) is 10.5. The van der Waals surface area contributed by atoms with Crippen molar-refractivity contribution in [2.45, 2.75) is 25.6 Å². The highest BCUT2D eigenvalue weighted by Gasteiger charge is 2.31. The lowest BCUT2D eigenvalue weighted by Crippen LogP contribution is -2.56. The van der Waals surface area contributed by atoms with E-state index in [1.165, 1.54) is 5.56 Å². The summed E-state index contributed by atoms with van der Waals surface area (Å²) in [6.45, 7) is 2.28. The van der Waals surface area contributed by atoms with Crippen LogP contribution in [-0.2, 0) is 22.7 Å². The van der Waals surface area contributed by atoms with Crippen LogP contribution >= 0.6 is 0 Å². The molecule has 1 atom stereocenters. The minimum Gasteiger partial charge on any atom is -0.353 e. The van der Waals surface area contributed by atoms with Gasteiger partial charge >= 0.3 is 0 Å². The largest absolute Gasteiger partial charge is 0.353 e. The van der Waals surface area contributed by atoms with Crippen molar-refractivity contribution in [2.24, 2.45) is 0 Å². The van der Waals surface area contributed by atoms with Crippen molar-refractivity contribution in [2.75, 3.05) is 13.1 Å². The zero-order chi connectivity index (χ0) is 21.5. The summed E-state index contributed by atoms with van der Waals surface area (Å²) in [5.41, 5.74) is 4.24. The molecule has 0 radical (unpaired) electrons. The molecule has 2 aromatic carbocycles. The van der Waals surface area contributed by atoms with Crippen LogP contribution in [0, 0.1) is 0 Å². The highest BCUT2D eigenvalue weighted by Crippen LogP contribution is 2.21. The predicted molar refractivity (Wildman–Crippen MR) is 120 cm³/mol. The standard InChI is InChI=1S/C25H26N4O2/c30-24(28-17-22-8-4-5-13-26-22)16-23-25(31)27-14-15-29(23)18-19-9-11-21(12-10-19)20-6-2-1-3-7-20/h1-13,23H,14-18H2,(H,27,31)(H,28,30)/t23-/m1/s1. The van der Waals surface area contributed by atoms with Crippen molar-refractivity contribution in [3.05, 3.63) is 90.3 Å². The van der Waals surface area contributed by atoms with Crippen molar-refractivity contribution >= 4 is 11.8 Å². The number of amides is 2. The number of nitrogens with one attached hydrogen (secondary N) is 2. The van der Waals surface area contributed by atoms with Gasteiger partial charge in [-0.3, -0.25) is 19.5 Å². The third kappa shape index (κ3) is 5.55. The van der Waals surface area contributed by atoms with Crippen LogP contribution in [0.4, 0.5) is 0 Å². The van der Waals surface area contributed by atoms with Crippen LogP contribution in [-0.4, -0.2) is 40.8 Å². The SMILES string of the molecule is O=C(C[C@@H]1C(=O)NCCN1Cc1ccc(-c2ccccc2)cc1)NCc1ccccn1. The van der Waals surface area contributed by atoms with Gasteiger partial charge in [-0.05, 0) is 28.8 Å². The molecule has 1 aliphatic heterocycles. The maximum absolute atomic E-state index is 12.5. The number of hydrogen-bond acceptors (Lipinski definition) is 4. The predicted octanol–water partition coefficient (Wildman–Crippen LogP) is 2.76. The molecule has 31 heavy (non-hydrogen) atoms. The van der Waals surface area contributed by atoms with Crippen LogP contribution < -0.4 is 10.6 Å². The molecule has 158 valence electrons. The first-order chi connectivity index (χ1) is 15.2. The normalized spacial score (nSPS) is 16.5. The Hall–Kier alpha value is -3.51. The van der Waals surface area contributed by atoms with Gasteiger partial charge in [0.1, 0.15) is 0 Å². The third-order valence-electron chi connectivity index (χ3n) is 5.46. The minimum atomic E-state index is -0.480. The van der Waals surface area contributed by atoms with Gasteiger partial charge in [-0.25, -0.2) is 0 Å². The summed E-state index contributed by atoms with van der Waals surface area (Å²) in [5.74, 6) is -0.253. The number of pyridine rings is 1. The summed E-state index contributed by atoms with van der Waals surface area (Å²) in [6, 6.07) is 23.7. The molecule has 2 N–H and O–H groups in total. The molecule has 1 aromatic heterocycles. The molecular formula is C25H26N4O2. The number of carbonyl (C=O) groups is 2. The Morgan fingerprint density at radius 1 is 1.00 bits per heavy atom. The number of nitrogens with zero attached hydrogens (tertiary/aromatic N) is 2. The van der Waals surface area contributed by atoms with Crippen LogP contribution in [0.25, 0.3) is 11.1 Å². The third-order valence-corrected chi connectivity index (χ3v) is 5.46. The second-order valence-corrected chi connectivity index (χ2v) is 7.64. The zero-order valence-electron chi connectivity index (χ0n) is 17.3. The Balaban J connectivity index is 1.38. The van der Waals surface area contributed by atoms with E-state index in [0.717, 1.165) is 16.8 Å². The van der Waals surface area contributed by atoms with Crippen LogP contribution in [0.15, 0.2) is 79.0 Å². The van der Waals surface area contributed by atoms with E-state index >= 15 is 0 Å². The van der Waals surface area contributed by atoms with Gasteiger partial charge in [0.05, 0.1) is 24.7 Å². The van der Waals surface area contributed by atoms with Gasteiger partial charge in [-0.2, -0.15) is 0 Å². The smallest absolute Gasteiger partial charge is 0.237 e. The van der Waals surface area contributed by atoms with Crippen molar-refractivity contribution in [3.63, 3.8) is 0 Å². The van der Waals surface area contributed by atoms with Gasteiger partial charge in [0.2, 0.25) is 11.8 Å².